The van der Waals surface area contributed by atoms with Crippen molar-refractivity contribution in [3.8, 4) is 0 Å². The molecule has 1 amide bonds. The van der Waals surface area contributed by atoms with Crippen molar-refractivity contribution in [2.45, 2.75) is 12.0 Å². The average Bonchev–Trinajstić information content (AvgIpc) is 2.57. The highest BCUT2D eigenvalue weighted by Crippen LogP contribution is 2.18. The Hall–Kier alpha value is -2.66. The van der Waals surface area contributed by atoms with Crippen LogP contribution in [0.4, 0.5) is 0 Å². The van der Waals surface area contributed by atoms with Gasteiger partial charge >= 0.3 is 5.97 Å². The summed E-state index contributed by atoms with van der Waals surface area (Å²) < 4.78 is 5.24. The minimum absolute atomic E-state index is 0.00483. The number of carboxylic acid groups (broad SMARTS) is 1. The number of aliphatic carboxylic acids is 1. The average molecular weight is 313 g/mol. The van der Waals surface area contributed by atoms with Gasteiger partial charge in [-0.15, -0.1) is 0 Å². The van der Waals surface area contributed by atoms with Crippen LogP contribution in [0.3, 0.4) is 0 Å². The van der Waals surface area contributed by atoms with Crippen LogP contribution < -0.4 is 5.32 Å². The molecule has 0 unspecified atom stereocenters. The second-order valence-corrected chi connectivity index (χ2v) is 5.07. The zero-order chi connectivity index (χ0) is 16.7. The SMILES string of the molecule is CO[C@H](C(=O)NC[C@H](C(=O)O)c1ccccc1)c1ccccc1. The van der Waals surface area contributed by atoms with E-state index in [4.69, 9.17) is 4.74 Å². The van der Waals surface area contributed by atoms with Gasteiger partial charge in [0.2, 0.25) is 0 Å². The molecule has 0 aliphatic rings. The van der Waals surface area contributed by atoms with E-state index in [-0.39, 0.29) is 12.5 Å². The first kappa shape index (κ1) is 16.7. The van der Waals surface area contributed by atoms with E-state index < -0.39 is 18.0 Å². The van der Waals surface area contributed by atoms with Gasteiger partial charge < -0.3 is 15.2 Å². The summed E-state index contributed by atoms with van der Waals surface area (Å²) in [6.07, 6.45) is -0.763. The number of hydrogen-bond donors (Lipinski definition) is 2. The van der Waals surface area contributed by atoms with Crippen molar-refractivity contribution < 1.29 is 19.4 Å². The van der Waals surface area contributed by atoms with Crippen molar-refractivity contribution in [3.05, 3.63) is 71.8 Å². The van der Waals surface area contributed by atoms with E-state index in [0.717, 1.165) is 5.56 Å². The molecule has 2 N–H and O–H groups in total. The summed E-state index contributed by atoms with van der Waals surface area (Å²) in [5.41, 5.74) is 1.37. The molecule has 5 heteroatoms. The number of rotatable bonds is 7. The summed E-state index contributed by atoms with van der Waals surface area (Å²) in [5, 5.41) is 12.0. The largest absolute Gasteiger partial charge is 0.481 e. The van der Waals surface area contributed by atoms with Gasteiger partial charge in [0.05, 0.1) is 5.92 Å². The van der Waals surface area contributed by atoms with Crippen molar-refractivity contribution >= 4 is 11.9 Å². The Kier molecular flexibility index (Phi) is 5.88. The van der Waals surface area contributed by atoms with Crippen molar-refractivity contribution in [1.82, 2.24) is 5.32 Å². The zero-order valence-corrected chi connectivity index (χ0v) is 12.8. The minimum atomic E-state index is -0.981. The maximum atomic E-state index is 12.3. The predicted molar refractivity (Wildman–Crippen MR) is 86.0 cm³/mol. The molecular weight excluding hydrogens is 294 g/mol. The number of methoxy groups -OCH3 is 1. The summed E-state index contributed by atoms with van der Waals surface area (Å²) in [6.45, 7) is 0.00483. The molecule has 0 radical (unpaired) electrons. The van der Waals surface area contributed by atoms with Crippen LogP contribution in [0.2, 0.25) is 0 Å². The molecule has 0 heterocycles. The molecular formula is C18H19NO4. The first-order valence-electron chi connectivity index (χ1n) is 7.26. The maximum Gasteiger partial charge on any atom is 0.312 e. The van der Waals surface area contributed by atoms with Crippen LogP contribution >= 0.6 is 0 Å². The van der Waals surface area contributed by atoms with Gasteiger partial charge in [0.25, 0.3) is 5.91 Å². The van der Waals surface area contributed by atoms with Gasteiger partial charge in [0, 0.05) is 13.7 Å². The van der Waals surface area contributed by atoms with Gasteiger partial charge in [-0.1, -0.05) is 60.7 Å². The van der Waals surface area contributed by atoms with Gasteiger partial charge in [-0.05, 0) is 11.1 Å². The number of hydrogen-bond acceptors (Lipinski definition) is 3. The fraction of sp³-hybridized carbons (Fsp3) is 0.222. The number of carbonyl (C=O) groups is 2. The van der Waals surface area contributed by atoms with E-state index in [1.165, 1.54) is 7.11 Å². The van der Waals surface area contributed by atoms with Crippen molar-refractivity contribution in [3.63, 3.8) is 0 Å². The Morgan fingerprint density at radius 1 is 1.00 bits per heavy atom. The number of carbonyl (C=O) groups excluding carboxylic acids is 1. The minimum Gasteiger partial charge on any atom is -0.481 e. The summed E-state index contributed by atoms with van der Waals surface area (Å²) >= 11 is 0. The highest BCUT2D eigenvalue weighted by atomic mass is 16.5. The molecule has 0 fully saturated rings. The van der Waals surface area contributed by atoms with Crippen molar-refractivity contribution in [2.75, 3.05) is 13.7 Å². The molecule has 2 aromatic rings. The fourth-order valence-corrected chi connectivity index (χ4v) is 2.35. The Bertz CT molecular complexity index is 643. The van der Waals surface area contributed by atoms with E-state index in [1.807, 2.05) is 24.3 Å². The third kappa shape index (κ3) is 4.40. The van der Waals surface area contributed by atoms with Gasteiger partial charge in [-0.3, -0.25) is 9.59 Å². The molecule has 2 aromatic carbocycles. The third-order valence-corrected chi connectivity index (χ3v) is 3.56. The van der Waals surface area contributed by atoms with Crippen molar-refractivity contribution in [2.24, 2.45) is 0 Å². The lowest BCUT2D eigenvalue weighted by Gasteiger charge is -2.18. The monoisotopic (exact) mass is 313 g/mol. The number of nitrogens with one attached hydrogen (secondary N) is 1. The smallest absolute Gasteiger partial charge is 0.312 e. The summed E-state index contributed by atoms with van der Waals surface area (Å²) in [4.78, 5) is 23.7. The number of carboxylic acids is 1. The van der Waals surface area contributed by atoms with Gasteiger partial charge in [-0.2, -0.15) is 0 Å². The lowest BCUT2D eigenvalue weighted by Crippen LogP contribution is -2.35. The van der Waals surface area contributed by atoms with Crippen molar-refractivity contribution in [1.29, 1.82) is 0 Å². The van der Waals surface area contributed by atoms with Crippen LogP contribution in [0.5, 0.6) is 0 Å². The first-order chi connectivity index (χ1) is 11.1. The fourth-order valence-electron chi connectivity index (χ4n) is 2.35. The van der Waals surface area contributed by atoms with Crippen LogP contribution in [-0.2, 0) is 14.3 Å². The number of amides is 1. The van der Waals surface area contributed by atoms with E-state index in [1.54, 1.807) is 36.4 Å². The molecule has 2 atom stereocenters. The molecule has 0 saturated heterocycles. The van der Waals surface area contributed by atoms with E-state index in [0.29, 0.717) is 5.56 Å². The highest BCUT2D eigenvalue weighted by molar-refractivity contribution is 5.83. The molecule has 120 valence electrons. The second-order valence-electron chi connectivity index (χ2n) is 5.07. The third-order valence-electron chi connectivity index (χ3n) is 3.56. The van der Waals surface area contributed by atoms with Crippen LogP contribution in [-0.4, -0.2) is 30.6 Å². The topological polar surface area (TPSA) is 75.6 Å². The molecule has 0 aliphatic heterocycles. The predicted octanol–water partition coefficient (Wildman–Crippen LogP) is 2.36. The second kappa shape index (κ2) is 8.10. The molecule has 0 saturated carbocycles. The van der Waals surface area contributed by atoms with Crippen LogP contribution in [0.1, 0.15) is 23.1 Å². The Balaban J connectivity index is 2.05. The highest BCUT2D eigenvalue weighted by Gasteiger charge is 2.24. The molecule has 0 aromatic heterocycles. The number of ether oxygens (including phenoxy) is 1. The van der Waals surface area contributed by atoms with Gasteiger partial charge in [-0.25, -0.2) is 0 Å². The molecule has 0 aliphatic carbocycles. The Labute approximate surface area is 134 Å². The van der Waals surface area contributed by atoms with Crippen LogP contribution in [0.25, 0.3) is 0 Å². The lowest BCUT2D eigenvalue weighted by molar-refractivity contribution is -0.139. The van der Waals surface area contributed by atoms with E-state index in [2.05, 4.69) is 5.32 Å². The van der Waals surface area contributed by atoms with Gasteiger partial charge in [0.15, 0.2) is 6.10 Å². The van der Waals surface area contributed by atoms with E-state index >= 15 is 0 Å². The van der Waals surface area contributed by atoms with Gasteiger partial charge in [0.1, 0.15) is 0 Å². The van der Waals surface area contributed by atoms with E-state index in [9.17, 15) is 14.7 Å². The molecule has 2 rings (SSSR count). The lowest BCUT2D eigenvalue weighted by atomic mass is 9.99. The Morgan fingerprint density at radius 2 is 1.52 bits per heavy atom. The molecule has 0 spiro atoms. The first-order valence-corrected chi connectivity index (χ1v) is 7.26. The standard InChI is InChI=1S/C18H19NO4/c1-23-16(14-10-6-3-7-11-14)17(20)19-12-15(18(21)22)13-8-4-2-5-9-13/h2-11,15-16H,12H2,1H3,(H,19,20)(H,21,22)/t15-,16-/m0/s1. The van der Waals surface area contributed by atoms with Crippen LogP contribution in [0.15, 0.2) is 60.7 Å². The molecule has 0 bridgehead atoms. The quantitative estimate of drug-likeness (QED) is 0.823. The summed E-state index contributed by atoms with van der Waals surface area (Å²) in [6, 6.07) is 17.9. The number of benzene rings is 2. The molecule has 23 heavy (non-hydrogen) atoms. The summed E-state index contributed by atoms with van der Waals surface area (Å²) in [5.74, 6) is -2.14. The normalized spacial score (nSPS) is 13.1. The summed E-state index contributed by atoms with van der Waals surface area (Å²) in [7, 11) is 1.45. The zero-order valence-electron chi connectivity index (χ0n) is 12.8. The Morgan fingerprint density at radius 3 is 2.00 bits per heavy atom. The maximum absolute atomic E-state index is 12.3. The molecule has 5 nitrogen and oxygen atoms in total. The van der Waals surface area contributed by atoms with Crippen LogP contribution in [0, 0.1) is 0 Å².